The Balaban J connectivity index is 1.20. The van der Waals surface area contributed by atoms with Gasteiger partial charge in [0.25, 0.3) is 0 Å². The Kier molecular flexibility index (Phi) is 9.87. The number of carbonyl (C=O) groups excluding carboxylic acids is 1. The Morgan fingerprint density at radius 1 is 0.941 bits per heavy atom. The minimum Gasteiger partial charge on any atom is -0.463 e. The monoisotopic (exact) mass is 689 g/mol. The number of piperazine rings is 1. The molecular formula is C40H47N7O4. The minimum atomic E-state index is -0.623. The van der Waals surface area contributed by atoms with Gasteiger partial charge in [0, 0.05) is 61.3 Å². The molecule has 0 aliphatic carbocycles. The molecule has 1 amide bonds. The Bertz CT molecular complexity index is 1910. The SMILES string of the molecule is CN1CC[C@@H](COc2nc3c(c(N4CCN(C(=O)OC(C)(C)C)C(CC#N)C4)n2)CCN(c2cc(Oc4ccccc4)cc4ccccc24)C3)C1. The van der Waals surface area contributed by atoms with Crippen LogP contribution < -0.4 is 19.3 Å². The maximum atomic E-state index is 13.2. The molecule has 4 heterocycles. The Labute approximate surface area is 300 Å². The number of nitriles is 1. The highest BCUT2D eigenvalue weighted by Crippen LogP contribution is 2.38. The van der Waals surface area contributed by atoms with Gasteiger partial charge in [0.1, 0.15) is 22.9 Å². The number of aromatic nitrogens is 2. The Morgan fingerprint density at radius 3 is 2.51 bits per heavy atom. The summed E-state index contributed by atoms with van der Waals surface area (Å²) in [6, 6.07) is 24.8. The highest BCUT2D eigenvalue weighted by atomic mass is 16.6. The number of amides is 1. The summed E-state index contributed by atoms with van der Waals surface area (Å²) >= 11 is 0. The van der Waals surface area contributed by atoms with Crippen molar-refractivity contribution in [2.45, 2.75) is 58.2 Å². The van der Waals surface area contributed by atoms with Gasteiger partial charge in [0.15, 0.2) is 0 Å². The van der Waals surface area contributed by atoms with E-state index < -0.39 is 5.60 Å². The van der Waals surface area contributed by atoms with Crippen LogP contribution in [-0.2, 0) is 17.7 Å². The third-order valence-electron chi connectivity index (χ3n) is 9.83. The predicted molar refractivity (Wildman–Crippen MR) is 198 cm³/mol. The van der Waals surface area contributed by atoms with Gasteiger partial charge in [-0.25, -0.2) is 4.79 Å². The fourth-order valence-corrected chi connectivity index (χ4v) is 7.37. The summed E-state index contributed by atoms with van der Waals surface area (Å²) in [6.07, 6.45) is 1.62. The van der Waals surface area contributed by atoms with E-state index in [9.17, 15) is 10.1 Å². The van der Waals surface area contributed by atoms with Gasteiger partial charge in [-0.05, 0) is 70.8 Å². The third-order valence-corrected chi connectivity index (χ3v) is 9.83. The molecule has 2 saturated heterocycles. The first-order chi connectivity index (χ1) is 24.6. The normalized spacial score (nSPS) is 19.5. The molecule has 4 aromatic rings. The maximum absolute atomic E-state index is 13.2. The van der Waals surface area contributed by atoms with Crippen molar-refractivity contribution in [2.24, 2.45) is 5.92 Å². The topological polar surface area (TPSA) is 107 Å². The molecule has 51 heavy (non-hydrogen) atoms. The number of anilines is 2. The van der Waals surface area contributed by atoms with Crippen LogP contribution in [0.25, 0.3) is 10.8 Å². The molecule has 0 N–H and O–H groups in total. The van der Waals surface area contributed by atoms with Crippen LogP contribution in [0.1, 0.15) is 44.9 Å². The van der Waals surface area contributed by atoms with Crippen molar-refractivity contribution in [3.63, 3.8) is 0 Å². The zero-order chi connectivity index (χ0) is 35.5. The summed E-state index contributed by atoms with van der Waals surface area (Å²) in [5, 5.41) is 12.0. The molecule has 3 aliphatic heterocycles. The van der Waals surface area contributed by atoms with E-state index in [0.29, 0.717) is 44.7 Å². The van der Waals surface area contributed by atoms with Gasteiger partial charge in [0.05, 0.1) is 37.4 Å². The molecule has 266 valence electrons. The number of likely N-dealkylation sites (tertiary alicyclic amines) is 1. The van der Waals surface area contributed by atoms with Crippen molar-refractivity contribution >= 4 is 28.4 Å². The van der Waals surface area contributed by atoms with Crippen molar-refractivity contribution in [2.75, 3.05) is 62.7 Å². The first-order valence-electron chi connectivity index (χ1n) is 18.0. The summed E-state index contributed by atoms with van der Waals surface area (Å²) in [5.74, 6) is 2.82. The molecule has 0 spiro atoms. The van der Waals surface area contributed by atoms with Gasteiger partial charge in [-0.3, -0.25) is 0 Å². The molecule has 0 bridgehead atoms. The summed E-state index contributed by atoms with van der Waals surface area (Å²) in [4.78, 5) is 31.9. The van der Waals surface area contributed by atoms with Crippen LogP contribution in [0.15, 0.2) is 66.7 Å². The predicted octanol–water partition coefficient (Wildman–Crippen LogP) is 6.65. The van der Waals surface area contributed by atoms with Crippen LogP contribution in [0.2, 0.25) is 0 Å². The van der Waals surface area contributed by atoms with Crippen molar-refractivity contribution in [1.29, 1.82) is 5.26 Å². The van der Waals surface area contributed by atoms with E-state index in [4.69, 9.17) is 24.2 Å². The molecule has 1 aromatic heterocycles. The van der Waals surface area contributed by atoms with Gasteiger partial charge in [-0.15, -0.1) is 0 Å². The number of para-hydroxylation sites is 1. The maximum Gasteiger partial charge on any atom is 0.410 e. The summed E-state index contributed by atoms with van der Waals surface area (Å²) < 4.78 is 18.4. The van der Waals surface area contributed by atoms with Crippen LogP contribution in [0.3, 0.4) is 0 Å². The lowest BCUT2D eigenvalue weighted by atomic mass is 10.0. The summed E-state index contributed by atoms with van der Waals surface area (Å²) in [5.41, 5.74) is 2.47. The van der Waals surface area contributed by atoms with Gasteiger partial charge in [-0.2, -0.15) is 15.2 Å². The molecule has 11 heteroatoms. The average Bonchev–Trinajstić information content (AvgIpc) is 3.54. The molecular weight excluding hydrogens is 642 g/mol. The first kappa shape index (κ1) is 34.4. The van der Waals surface area contributed by atoms with E-state index in [-0.39, 0.29) is 18.6 Å². The van der Waals surface area contributed by atoms with Gasteiger partial charge in [0.2, 0.25) is 0 Å². The number of ether oxygens (including phenoxy) is 3. The highest BCUT2D eigenvalue weighted by Gasteiger charge is 2.36. The van der Waals surface area contributed by atoms with Gasteiger partial charge in [-0.1, -0.05) is 42.5 Å². The molecule has 0 saturated carbocycles. The van der Waals surface area contributed by atoms with E-state index in [2.05, 4.69) is 64.2 Å². The number of benzene rings is 3. The van der Waals surface area contributed by atoms with Crippen LogP contribution in [0, 0.1) is 17.2 Å². The van der Waals surface area contributed by atoms with Crippen LogP contribution in [0.4, 0.5) is 16.3 Å². The van der Waals surface area contributed by atoms with Crippen molar-refractivity contribution in [3.05, 3.63) is 78.0 Å². The molecule has 2 atom stereocenters. The second-order valence-electron chi connectivity index (χ2n) is 14.9. The minimum absolute atomic E-state index is 0.198. The molecule has 11 nitrogen and oxygen atoms in total. The molecule has 1 unspecified atom stereocenters. The van der Waals surface area contributed by atoms with E-state index in [0.717, 1.165) is 77.5 Å². The molecule has 3 aliphatic rings. The molecule has 3 aromatic carbocycles. The number of hydrogen-bond acceptors (Lipinski definition) is 10. The smallest absolute Gasteiger partial charge is 0.410 e. The zero-order valence-electron chi connectivity index (χ0n) is 30.0. The molecule has 7 rings (SSSR count). The van der Waals surface area contributed by atoms with Crippen molar-refractivity contribution in [1.82, 2.24) is 19.8 Å². The first-order valence-corrected chi connectivity index (χ1v) is 18.0. The van der Waals surface area contributed by atoms with Gasteiger partial charge < -0.3 is 33.8 Å². The summed E-state index contributed by atoms with van der Waals surface area (Å²) in [6.45, 7) is 11.0. The second kappa shape index (κ2) is 14.6. The fourth-order valence-electron chi connectivity index (χ4n) is 7.37. The van der Waals surface area contributed by atoms with E-state index in [1.807, 2.05) is 51.1 Å². The van der Waals surface area contributed by atoms with Crippen LogP contribution in [-0.4, -0.2) is 90.4 Å². The molecule has 2 fully saturated rings. The number of hydrogen-bond donors (Lipinski definition) is 0. The van der Waals surface area contributed by atoms with Crippen molar-refractivity contribution in [3.8, 4) is 23.6 Å². The Hall–Kier alpha value is -5.08. The largest absolute Gasteiger partial charge is 0.463 e. The quantitative estimate of drug-likeness (QED) is 0.200. The average molecular weight is 690 g/mol. The van der Waals surface area contributed by atoms with Crippen molar-refractivity contribution < 1.29 is 19.0 Å². The zero-order valence-corrected chi connectivity index (χ0v) is 30.0. The standard InChI is InChI=1S/C40H47N7O4/c1-40(2,3)51-39(48)47-21-20-46(25-30(47)14-17-41)37-34-16-19-45(26-35(34)42-38(43-37)49-27-28-15-18-44(4)24-28)36-23-32(50-31-11-6-5-7-12-31)22-29-10-8-9-13-33(29)36/h5-13,22-23,28,30H,14-16,18-21,24-27H2,1-4H3/t28-,30?/m1/s1. The van der Waals surface area contributed by atoms with Crippen LogP contribution >= 0.6 is 0 Å². The lowest BCUT2D eigenvalue weighted by molar-refractivity contribution is 0.0144. The Morgan fingerprint density at radius 2 is 1.75 bits per heavy atom. The number of fused-ring (bicyclic) bond motifs is 2. The lowest BCUT2D eigenvalue weighted by Gasteiger charge is -2.42. The van der Waals surface area contributed by atoms with E-state index in [1.165, 1.54) is 0 Å². The van der Waals surface area contributed by atoms with Gasteiger partial charge >= 0.3 is 12.1 Å². The number of nitrogens with zero attached hydrogens (tertiary/aromatic N) is 7. The van der Waals surface area contributed by atoms with E-state index >= 15 is 0 Å². The fraction of sp³-hybridized carbons (Fsp3) is 0.450. The third kappa shape index (κ3) is 7.97. The highest BCUT2D eigenvalue weighted by molar-refractivity contribution is 5.96. The number of rotatable bonds is 8. The summed E-state index contributed by atoms with van der Waals surface area (Å²) in [7, 11) is 2.14. The lowest BCUT2D eigenvalue weighted by Crippen LogP contribution is -2.56. The van der Waals surface area contributed by atoms with E-state index in [1.54, 1.807) is 4.90 Å². The molecule has 0 radical (unpaired) electrons. The number of carbonyl (C=O) groups is 1. The second-order valence-corrected chi connectivity index (χ2v) is 14.9. The van der Waals surface area contributed by atoms with Crippen LogP contribution in [0.5, 0.6) is 17.5 Å².